The smallest absolute Gasteiger partial charge is 0.229 e. The van der Waals surface area contributed by atoms with Gasteiger partial charge in [0.1, 0.15) is 11.6 Å². The third-order valence-corrected chi connectivity index (χ3v) is 2.57. The molecule has 0 unspecified atom stereocenters. The zero-order valence-corrected chi connectivity index (χ0v) is 11.4. The van der Waals surface area contributed by atoms with Crippen LogP contribution < -0.4 is 9.64 Å². The number of aromatic nitrogens is 3. The van der Waals surface area contributed by atoms with E-state index < -0.39 is 5.82 Å². The van der Waals surface area contributed by atoms with Crippen molar-refractivity contribution < 1.29 is 9.13 Å². The summed E-state index contributed by atoms with van der Waals surface area (Å²) in [6.45, 7) is 0. The Morgan fingerprint density at radius 2 is 1.95 bits per heavy atom. The van der Waals surface area contributed by atoms with Crippen LogP contribution in [0.25, 0.3) is 11.4 Å². The molecule has 0 aliphatic heterocycles. The fourth-order valence-electron chi connectivity index (χ4n) is 1.52. The Bertz CT molecular complexity index is 606. The van der Waals surface area contributed by atoms with E-state index in [1.54, 1.807) is 19.0 Å². The molecule has 0 saturated heterocycles. The van der Waals surface area contributed by atoms with Crippen molar-refractivity contribution in [2.75, 3.05) is 26.1 Å². The molecule has 0 atom stereocenters. The van der Waals surface area contributed by atoms with E-state index in [4.69, 9.17) is 16.3 Å². The topological polar surface area (TPSA) is 51.1 Å². The second kappa shape index (κ2) is 5.36. The number of halogens is 2. The van der Waals surface area contributed by atoms with Gasteiger partial charge in [-0.2, -0.15) is 15.0 Å². The Labute approximate surface area is 115 Å². The molecule has 2 rings (SSSR count). The minimum Gasteiger partial charge on any atom is -0.496 e. The Hall–Kier alpha value is -1.95. The van der Waals surface area contributed by atoms with Crippen LogP contribution in [0.5, 0.6) is 5.75 Å². The van der Waals surface area contributed by atoms with E-state index in [1.807, 2.05) is 0 Å². The fraction of sp³-hybridized carbons (Fsp3) is 0.250. The summed E-state index contributed by atoms with van der Waals surface area (Å²) in [5, 5.41) is 0.0417. The van der Waals surface area contributed by atoms with Gasteiger partial charge in [-0.25, -0.2) is 4.39 Å². The van der Waals surface area contributed by atoms with Crippen LogP contribution in [0, 0.1) is 5.82 Å². The highest BCUT2D eigenvalue weighted by Gasteiger charge is 2.14. The molecule has 0 amide bonds. The fourth-order valence-corrected chi connectivity index (χ4v) is 1.67. The van der Waals surface area contributed by atoms with Crippen molar-refractivity contribution in [3.8, 4) is 17.1 Å². The van der Waals surface area contributed by atoms with Gasteiger partial charge in [-0.05, 0) is 29.8 Å². The van der Waals surface area contributed by atoms with Gasteiger partial charge in [0, 0.05) is 14.1 Å². The van der Waals surface area contributed by atoms with Crippen LogP contribution in [0.4, 0.5) is 10.3 Å². The van der Waals surface area contributed by atoms with E-state index in [0.717, 1.165) is 0 Å². The van der Waals surface area contributed by atoms with E-state index in [0.29, 0.717) is 17.3 Å². The summed E-state index contributed by atoms with van der Waals surface area (Å²) < 4.78 is 18.5. The number of methoxy groups -OCH3 is 1. The summed E-state index contributed by atoms with van der Waals surface area (Å²) in [5.41, 5.74) is 0.426. The van der Waals surface area contributed by atoms with Crippen molar-refractivity contribution in [2.24, 2.45) is 0 Å². The highest BCUT2D eigenvalue weighted by molar-refractivity contribution is 6.28. The largest absolute Gasteiger partial charge is 0.496 e. The summed E-state index contributed by atoms with van der Waals surface area (Å²) in [6, 6.07) is 4.11. The number of ether oxygens (including phenoxy) is 1. The van der Waals surface area contributed by atoms with Gasteiger partial charge in [0.2, 0.25) is 11.2 Å². The van der Waals surface area contributed by atoms with Crippen LogP contribution in [0.3, 0.4) is 0 Å². The van der Waals surface area contributed by atoms with Crippen molar-refractivity contribution in [1.29, 1.82) is 0 Å². The molecule has 1 heterocycles. The van der Waals surface area contributed by atoms with Gasteiger partial charge in [0.15, 0.2) is 5.82 Å². The van der Waals surface area contributed by atoms with E-state index >= 15 is 0 Å². The molecule has 2 aromatic rings. The van der Waals surface area contributed by atoms with Gasteiger partial charge < -0.3 is 9.64 Å². The first kappa shape index (κ1) is 13.5. The number of benzene rings is 1. The standard InChI is InChI=1S/C12H12ClFN4O/c1-18(2)12-16-10(15-11(13)17-12)8-6-7(14)4-5-9(8)19-3/h4-6H,1-3H3. The predicted octanol–water partition coefficient (Wildman–Crippen LogP) is 2.41. The van der Waals surface area contributed by atoms with E-state index in [-0.39, 0.29) is 11.1 Å². The molecule has 0 bridgehead atoms. The first-order valence-electron chi connectivity index (χ1n) is 5.44. The quantitative estimate of drug-likeness (QED) is 0.865. The van der Waals surface area contributed by atoms with Crippen molar-refractivity contribution in [2.45, 2.75) is 0 Å². The lowest BCUT2D eigenvalue weighted by Crippen LogP contribution is -2.14. The SMILES string of the molecule is COc1ccc(F)cc1-c1nc(Cl)nc(N(C)C)n1. The maximum absolute atomic E-state index is 13.4. The number of rotatable bonds is 3. The molecule has 0 saturated carbocycles. The zero-order chi connectivity index (χ0) is 14.0. The van der Waals surface area contributed by atoms with E-state index in [9.17, 15) is 4.39 Å². The lowest BCUT2D eigenvalue weighted by molar-refractivity contribution is 0.415. The number of hydrogen-bond acceptors (Lipinski definition) is 5. The van der Waals surface area contributed by atoms with E-state index in [1.165, 1.54) is 25.3 Å². The highest BCUT2D eigenvalue weighted by Crippen LogP contribution is 2.29. The summed E-state index contributed by atoms with van der Waals surface area (Å²) in [6.07, 6.45) is 0. The van der Waals surface area contributed by atoms with Crippen molar-refractivity contribution in [3.63, 3.8) is 0 Å². The van der Waals surface area contributed by atoms with Gasteiger partial charge in [-0.1, -0.05) is 0 Å². The first-order valence-corrected chi connectivity index (χ1v) is 5.82. The molecule has 7 heteroatoms. The van der Waals surface area contributed by atoms with Crippen LogP contribution in [-0.4, -0.2) is 36.2 Å². The molecule has 5 nitrogen and oxygen atoms in total. The van der Waals surface area contributed by atoms with Gasteiger partial charge >= 0.3 is 0 Å². The summed E-state index contributed by atoms with van der Waals surface area (Å²) in [7, 11) is 5.04. The highest BCUT2D eigenvalue weighted by atomic mass is 35.5. The van der Waals surface area contributed by atoms with Crippen LogP contribution >= 0.6 is 11.6 Å². The average Bonchev–Trinajstić information content (AvgIpc) is 2.37. The first-order chi connectivity index (χ1) is 9.01. The molecular weight excluding hydrogens is 271 g/mol. The molecule has 0 spiro atoms. The normalized spacial score (nSPS) is 10.4. The minimum atomic E-state index is -0.404. The van der Waals surface area contributed by atoms with Crippen LogP contribution in [0.1, 0.15) is 0 Å². The van der Waals surface area contributed by atoms with Gasteiger partial charge in [-0.3, -0.25) is 0 Å². The minimum absolute atomic E-state index is 0.0417. The Morgan fingerprint density at radius 3 is 2.58 bits per heavy atom. The summed E-state index contributed by atoms with van der Waals surface area (Å²) in [4.78, 5) is 13.9. The molecule has 0 N–H and O–H groups in total. The summed E-state index contributed by atoms with van der Waals surface area (Å²) in [5.74, 6) is 0.716. The monoisotopic (exact) mass is 282 g/mol. The van der Waals surface area contributed by atoms with Crippen molar-refractivity contribution >= 4 is 17.5 Å². The summed E-state index contributed by atoms with van der Waals surface area (Å²) >= 11 is 5.86. The van der Waals surface area contributed by atoms with Crippen LogP contribution in [-0.2, 0) is 0 Å². The molecule has 0 fully saturated rings. The Kier molecular flexibility index (Phi) is 3.80. The van der Waals surface area contributed by atoms with Crippen molar-refractivity contribution in [1.82, 2.24) is 15.0 Å². The van der Waals surface area contributed by atoms with Crippen molar-refractivity contribution in [3.05, 3.63) is 29.3 Å². The van der Waals surface area contributed by atoms with E-state index in [2.05, 4.69) is 15.0 Å². The molecule has 1 aromatic carbocycles. The maximum atomic E-state index is 13.4. The zero-order valence-electron chi connectivity index (χ0n) is 10.7. The third-order valence-electron chi connectivity index (χ3n) is 2.40. The maximum Gasteiger partial charge on any atom is 0.229 e. The van der Waals surface area contributed by atoms with Gasteiger partial charge in [0.25, 0.3) is 0 Å². The number of hydrogen-bond donors (Lipinski definition) is 0. The predicted molar refractivity (Wildman–Crippen MR) is 71.1 cm³/mol. The lowest BCUT2D eigenvalue weighted by atomic mass is 10.2. The average molecular weight is 283 g/mol. The van der Waals surface area contributed by atoms with Gasteiger partial charge in [-0.15, -0.1) is 0 Å². The Morgan fingerprint density at radius 1 is 1.21 bits per heavy atom. The molecule has 100 valence electrons. The molecule has 0 aliphatic carbocycles. The third kappa shape index (κ3) is 2.90. The van der Waals surface area contributed by atoms with Gasteiger partial charge in [0.05, 0.1) is 12.7 Å². The number of nitrogens with zero attached hydrogens (tertiary/aromatic N) is 4. The number of anilines is 1. The lowest BCUT2D eigenvalue weighted by Gasteiger charge is -2.12. The second-order valence-corrected chi connectivity index (χ2v) is 4.31. The molecule has 1 aromatic heterocycles. The molecular formula is C12H12ClFN4O. The Balaban J connectivity index is 2.61. The molecule has 19 heavy (non-hydrogen) atoms. The molecule has 0 aliphatic rings. The molecule has 0 radical (unpaired) electrons. The second-order valence-electron chi connectivity index (χ2n) is 3.97. The van der Waals surface area contributed by atoms with Crippen LogP contribution in [0.2, 0.25) is 5.28 Å². The van der Waals surface area contributed by atoms with Crippen LogP contribution in [0.15, 0.2) is 18.2 Å².